The molecule has 8 heteroatoms. The van der Waals surface area contributed by atoms with Gasteiger partial charge in [0.1, 0.15) is 18.5 Å². The maximum absolute atomic E-state index is 11.1. The molecule has 0 unspecified atom stereocenters. The number of carbonyl (C=O) groups excluding carboxylic acids is 1. The number of nitrogens with one attached hydrogen (secondary N) is 2. The van der Waals surface area contributed by atoms with Gasteiger partial charge in [-0.25, -0.2) is 4.39 Å². The van der Waals surface area contributed by atoms with Crippen molar-refractivity contribution >= 4 is 28.9 Å². The fraction of sp³-hybridized carbons (Fsp3) is 0.333. The van der Waals surface area contributed by atoms with E-state index in [2.05, 4.69) is 15.5 Å². The third-order valence-corrected chi connectivity index (χ3v) is 3.95. The number of rotatable bonds is 6. The second kappa shape index (κ2) is 8.23. The van der Waals surface area contributed by atoms with Crippen molar-refractivity contribution in [2.24, 2.45) is 0 Å². The number of halogens is 2. The van der Waals surface area contributed by atoms with E-state index in [9.17, 15) is 9.18 Å². The second-order valence-electron chi connectivity index (χ2n) is 6.06. The molecule has 6 nitrogen and oxygen atoms in total. The Balaban J connectivity index is 0.000000433. The molecule has 0 aliphatic heterocycles. The summed E-state index contributed by atoms with van der Waals surface area (Å²) in [4.78, 5) is 13.5. The summed E-state index contributed by atoms with van der Waals surface area (Å²) in [6.45, 7) is 2.54. The van der Waals surface area contributed by atoms with E-state index in [-0.39, 0.29) is 6.61 Å². The number of aromatic amines is 1. The minimum absolute atomic E-state index is 0.256. The van der Waals surface area contributed by atoms with Crippen LogP contribution in [0.4, 0.5) is 4.39 Å². The van der Waals surface area contributed by atoms with Gasteiger partial charge in [-0.3, -0.25) is 4.79 Å². The molecule has 2 aromatic heterocycles. The Morgan fingerprint density at radius 1 is 1.42 bits per heavy atom. The van der Waals surface area contributed by atoms with Gasteiger partial charge in [0.15, 0.2) is 5.76 Å². The van der Waals surface area contributed by atoms with Gasteiger partial charge in [-0.2, -0.15) is 0 Å². The number of hydrogen-bond donors (Lipinski definition) is 2. The average Bonchev–Trinajstić information content (AvgIpc) is 3.13. The smallest absolute Gasteiger partial charge is 0.207 e. The molecule has 1 amide bonds. The van der Waals surface area contributed by atoms with Gasteiger partial charge in [-0.15, -0.1) is 0 Å². The van der Waals surface area contributed by atoms with Crippen LogP contribution < -0.4 is 10.1 Å². The van der Waals surface area contributed by atoms with Crippen molar-refractivity contribution in [3.05, 3.63) is 46.4 Å². The number of H-pyrrole nitrogens is 1. The highest BCUT2D eigenvalue weighted by Gasteiger charge is 2.18. The Morgan fingerprint density at radius 3 is 2.81 bits per heavy atom. The fourth-order valence-corrected chi connectivity index (χ4v) is 2.47. The van der Waals surface area contributed by atoms with Gasteiger partial charge in [-0.1, -0.05) is 16.8 Å². The largest absolute Gasteiger partial charge is 0.484 e. The van der Waals surface area contributed by atoms with Crippen molar-refractivity contribution in [2.45, 2.75) is 39.1 Å². The van der Waals surface area contributed by atoms with Crippen LogP contribution in [0.1, 0.15) is 30.0 Å². The summed E-state index contributed by atoms with van der Waals surface area (Å²) in [5.41, 5.74) is 2.58. The van der Waals surface area contributed by atoms with E-state index in [1.54, 1.807) is 0 Å². The van der Waals surface area contributed by atoms with Crippen LogP contribution in [-0.2, 0) is 17.9 Å². The van der Waals surface area contributed by atoms with Crippen molar-refractivity contribution in [3.63, 3.8) is 0 Å². The summed E-state index contributed by atoms with van der Waals surface area (Å²) in [6, 6.07) is 7.38. The number of benzene rings is 1. The molecule has 26 heavy (non-hydrogen) atoms. The zero-order valence-electron chi connectivity index (χ0n) is 14.2. The number of ether oxygens (including phenoxy) is 1. The molecule has 0 atom stereocenters. The van der Waals surface area contributed by atoms with Crippen molar-refractivity contribution in [1.82, 2.24) is 15.5 Å². The molecule has 0 saturated heterocycles. The van der Waals surface area contributed by atoms with Crippen molar-refractivity contribution in [2.75, 3.05) is 0 Å². The minimum Gasteiger partial charge on any atom is -0.484 e. The number of aromatic nitrogens is 2. The molecule has 138 valence electrons. The Labute approximate surface area is 154 Å². The van der Waals surface area contributed by atoms with Crippen LogP contribution in [0.2, 0.25) is 5.02 Å². The molecule has 0 spiro atoms. The third kappa shape index (κ3) is 4.98. The van der Waals surface area contributed by atoms with Crippen LogP contribution in [0.5, 0.6) is 5.75 Å². The summed E-state index contributed by atoms with van der Waals surface area (Å²) < 4.78 is 21.9. The van der Waals surface area contributed by atoms with E-state index >= 15 is 0 Å². The number of fused-ring (bicyclic) bond motifs is 1. The van der Waals surface area contributed by atoms with Crippen molar-refractivity contribution in [1.29, 1.82) is 0 Å². The molecular weight excluding hydrogens is 361 g/mol. The highest BCUT2D eigenvalue weighted by atomic mass is 35.5. The van der Waals surface area contributed by atoms with E-state index in [1.807, 2.05) is 31.2 Å². The molecule has 2 heterocycles. The highest BCUT2D eigenvalue weighted by molar-refractivity contribution is 6.32. The van der Waals surface area contributed by atoms with Crippen LogP contribution >= 0.6 is 11.6 Å². The molecular formula is C18H19ClFN3O3. The minimum atomic E-state index is -0.417. The van der Waals surface area contributed by atoms with Gasteiger partial charge >= 0.3 is 0 Å². The molecule has 1 saturated carbocycles. The first-order valence-corrected chi connectivity index (χ1v) is 8.60. The first-order chi connectivity index (χ1) is 12.5. The Bertz CT molecular complexity index is 889. The van der Waals surface area contributed by atoms with Crippen molar-refractivity contribution < 1.29 is 18.4 Å². The highest BCUT2D eigenvalue weighted by Crippen LogP contribution is 2.31. The fourth-order valence-electron chi connectivity index (χ4n) is 2.25. The van der Waals surface area contributed by atoms with Crippen LogP contribution in [0.25, 0.3) is 10.9 Å². The van der Waals surface area contributed by atoms with Gasteiger partial charge in [-0.05, 0) is 31.9 Å². The topological polar surface area (TPSA) is 80.1 Å². The van der Waals surface area contributed by atoms with E-state index in [1.165, 1.54) is 0 Å². The quantitative estimate of drug-likeness (QED) is 0.633. The lowest BCUT2D eigenvalue weighted by atomic mass is 10.2. The van der Waals surface area contributed by atoms with E-state index in [4.69, 9.17) is 20.9 Å². The summed E-state index contributed by atoms with van der Waals surface area (Å²) in [7, 11) is 0. The lowest BCUT2D eigenvalue weighted by Gasteiger charge is -2.06. The van der Waals surface area contributed by atoms with E-state index in [0.717, 1.165) is 35.1 Å². The van der Waals surface area contributed by atoms with Gasteiger partial charge in [0, 0.05) is 28.7 Å². The second-order valence-corrected chi connectivity index (χ2v) is 6.47. The Hall–Kier alpha value is -2.54. The Morgan fingerprint density at radius 2 is 2.19 bits per heavy atom. The SMILES string of the molecule is Cc1cc(COc2cc3[nH]c(CNC=O)cc3cc2Cl)on1.FC1CC1. The summed E-state index contributed by atoms with van der Waals surface area (Å²) in [6.07, 6.45) is 1.88. The lowest BCUT2D eigenvalue weighted by Crippen LogP contribution is -2.09. The van der Waals surface area contributed by atoms with Gasteiger partial charge in [0.05, 0.1) is 17.3 Å². The van der Waals surface area contributed by atoms with Crippen LogP contribution in [0, 0.1) is 6.92 Å². The Kier molecular flexibility index (Phi) is 5.78. The first-order valence-electron chi connectivity index (χ1n) is 8.22. The van der Waals surface area contributed by atoms with E-state index in [0.29, 0.717) is 29.5 Å². The molecule has 0 bridgehead atoms. The maximum Gasteiger partial charge on any atom is 0.207 e. The molecule has 2 N–H and O–H groups in total. The number of amides is 1. The number of alkyl halides is 1. The maximum atomic E-state index is 11.1. The molecule has 1 aliphatic carbocycles. The molecule has 0 radical (unpaired) electrons. The summed E-state index contributed by atoms with van der Waals surface area (Å²) in [5.74, 6) is 1.19. The molecule has 1 aliphatic rings. The van der Waals surface area contributed by atoms with Gasteiger partial charge in [0.25, 0.3) is 0 Å². The third-order valence-electron chi connectivity index (χ3n) is 3.66. The van der Waals surface area contributed by atoms with Crippen LogP contribution in [0.15, 0.2) is 28.8 Å². The van der Waals surface area contributed by atoms with Crippen LogP contribution in [0.3, 0.4) is 0 Å². The average molecular weight is 380 g/mol. The van der Waals surface area contributed by atoms with E-state index < -0.39 is 6.17 Å². The predicted octanol–water partition coefficient (Wildman–Crippen LogP) is 4.06. The lowest BCUT2D eigenvalue weighted by molar-refractivity contribution is -0.109. The number of aryl methyl sites for hydroxylation is 1. The summed E-state index contributed by atoms with van der Waals surface area (Å²) >= 11 is 6.23. The number of nitrogens with zero attached hydrogens (tertiary/aromatic N) is 1. The zero-order chi connectivity index (χ0) is 18.5. The normalized spacial score (nSPS) is 13.2. The van der Waals surface area contributed by atoms with Crippen molar-refractivity contribution in [3.8, 4) is 5.75 Å². The standard InChI is InChI=1S/C15H14ClN3O3.C3H5F/c1-9-2-12(22-19-9)7-21-15-5-14-10(4-13(15)16)3-11(18-14)6-17-8-20;4-3-1-2-3/h2-5,8,18H,6-7H2,1H3,(H,17,20);3H,1-2H2. The number of carbonyl (C=O) groups is 1. The van der Waals surface area contributed by atoms with Gasteiger partial charge in [0.2, 0.25) is 6.41 Å². The molecule has 3 aromatic rings. The molecule has 1 fully saturated rings. The summed E-state index contributed by atoms with van der Waals surface area (Å²) in [5, 5.41) is 7.88. The van der Waals surface area contributed by atoms with Gasteiger partial charge < -0.3 is 19.6 Å². The molecule has 4 rings (SSSR count). The number of hydrogen-bond acceptors (Lipinski definition) is 4. The monoisotopic (exact) mass is 379 g/mol. The predicted molar refractivity (Wildman–Crippen MR) is 95.9 cm³/mol. The zero-order valence-corrected chi connectivity index (χ0v) is 15.0. The first kappa shape index (κ1) is 18.3. The molecule has 1 aromatic carbocycles. The van der Waals surface area contributed by atoms with Crippen LogP contribution in [-0.4, -0.2) is 22.7 Å².